The van der Waals surface area contributed by atoms with Crippen molar-refractivity contribution in [1.29, 1.82) is 0 Å². The molecule has 0 spiro atoms. The smallest absolute Gasteiger partial charge is 0.328 e. The highest BCUT2D eigenvalue weighted by molar-refractivity contribution is 5.87. The first-order valence-electron chi connectivity index (χ1n) is 29.5. The van der Waals surface area contributed by atoms with E-state index >= 15 is 0 Å². The summed E-state index contributed by atoms with van der Waals surface area (Å²) in [6.07, 6.45) is 34.0. The first-order chi connectivity index (χ1) is 34.1. The Balaban J connectivity index is 5.41. The SMILES string of the molecule is CCCCCCCCCCCCCCCOCOC(COC(=O)CCCCCCCCCCCCCCC)COC(=O)C(CCCCNC(=O)C(C)(C)COC(C)(C)C)NC(=O)C(C)(C)CCOC(C)(C)C. The average Bonchev–Trinajstić information content (AvgIpc) is 3.31. The van der Waals surface area contributed by atoms with Crippen LogP contribution in [0.5, 0.6) is 0 Å². The van der Waals surface area contributed by atoms with Crippen molar-refractivity contribution >= 4 is 23.8 Å². The molecule has 12 nitrogen and oxygen atoms in total. The molecule has 0 aliphatic heterocycles. The number of nitrogens with one attached hydrogen (secondary N) is 2. The third-order valence-electron chi connectivity index (χ3n) is 13.3. The van der Waals surface area contributed by atoms with Gasteiger partial charge in [0.2, 0.25) is 11.8 Å². The molecule has 0 fully saturated rings. The number of carbonyl (C=O) groups excluding carboxylic acids is 4. The molecule has 0 saturated heterocycles. The number of unbranched alkanes of at least 4 members (excludes halogenated alkanes) is 25. The highest BCUT2D eigenvalue weighted by atomic mass is 16.7. The van der Waals surface area contributed by atoms with E-state index in [0.717, 1.165) is 32.1 Å². The summed E-state index contributed by atoms with van der Waals surface area (Å²) in [6.45, 7) is 25.1. The Hall–Kier alpha value is -2.28. The van der Waals surface area contributed by atoms with Crippen LogP contribution in [0.3, 0.4) is 0 Å². The number of ether oxygens (including phenoxy) is 6. The molecule has 2 N–H and O–H groups in total. The van der Waals surface area contributed by atoms with Crippen molar-refractivity contribution in [2.75, 3.05) is 46.4 Å². The molecule has 0 aromatic rings. The Labute approximate surface area is 443 Å². The van der Waals surface area contributed by atoms with Gasteiger partial charge < -0.3 is 39.1 Å². The Kier molecular flexibility index (Phi) is 41.5. The van der Waals surface area contributed by atoms with Crippen LogP contribution in [-0.4, -0.2) is 93.5 Å². The average molecular weight is 1030 g/mol. The van der Waals surface area contributed by atoms with Crippen molar-refractivity contribution in [1.82, 2.24) is 10.6 Å². The summed E-state index contributed by atoms with van der Waals surface area (Å²) >= 11 is 0. The van der Waals surface area contributed by atoms with Crippen LogP contribution in [0.1, 0.15) is 282 Å². The fraction of sp³-hybridized carbons (Fsp3) is 0.933. The third-order valence-corrected chi connectivity index (χ3v) is 13.3. The molecule has 426 valence electrons. The standard InChI is InChI=1S/C60H116N2O10/c1-13-15-17-19-21-23-25-27-29-31-33-35-37-42-53(63)68-47-51(70-50-67-45-40-36-34-32-30-28-26-24-22-20-18-16-14-2)48-69-54(64)52(62-56(66)59(9,10)43-46-71-57(3,4)5)41-38-39-44-61-55(65)60(11,12)49-72-58(6,7)8/h51-52H,13-50H2,1-12H3,(H,61,65)(H,62,66). The summed E-state index contributed by atoms with van der Waals surface area (Å²) in [5, 5.41) is 5.98. The third kappa shape index (κ3) is 43.0. The maximum absolute atomic E-state index is 13.9. The summed E-state index contributed by atoms with van der Waals surface area (Å²) in [7, 11) is 0. The second-order valence-electron chi connectivity index (χ2n) is 24.0. The topological polar surface area (TPSA) is 148 Å². The maximum atomic E-state index is 13.9. The zero-order valence-electron chi connectivity index (χ0n) is 49.1. The molecule has 2 unspecified atom stereocenters. The van der Waals surface area contributed by atoms with Crippen LogP contribution < -0.4 is 10.6 Å². The predicted octanol–water partition coefficient (Wildman–Crippen LogP) is 14.8. The number of amides is 2. The fourth-order valence-electron chi connectivity index (χ4n) is 8.10. The quantitative estimate of drug-likeness (QED) is 0.0343. The van der Waals surface area contributed by atoms with Gasteiger partial charge >= 0.3 is 11.9 Å². The molecule has 0 rings (SSSR count). The van der Waals surface area contributed by atoms with Crippen molar-refractivity contribution in [2.45, 2.75) is 305 Å². The number of hydrogen-bond donors (Lipinski definition) is 2. The van der Waals surface area contributed by atoms with Gasteiger partial charge in [-0.25, -0.2) is 4.79 Å². The van der Waals surface area contributed by atoms with E-state index in [1.807, 2.05) is 69.2 Å². The molecule has 0 aromatic carbocycles. The Morgan fingerprint density at radius 3 is 1.42 bits per heavy atom. The summed E-state index contributed by atoms with van der Waals surface area (Å²) < 4.78 is 35.3. The van der Waals surface area contributed by atoms with Gasteiger partial charge in [0, 0.05) is 31.6 Å². The summed E-state index contributed by atoms with van der Waals surface area (Å²) in [6, 6.07) is -0.946. The largest absolute Gasteiger partial charge is 0.463 e. The fourth-order valence-corrected chi connectivity index (χ4v) is 8.10. The van der Waals surface area contributed by atoms with Crippen molar-refractivity contribution in [3.05, 3.63) is 0 Å². The van der Waals surface area contributed by atoms with Crippen LogP contribution in [0.2, 0.25) is 0 Å². The Morgan fingerprint density at radius 1 is 0.472 bits per heavy atom. The van der Waals surface area contributed by atoms with Crippen molar-refractivity contribution in [3.63, 3.8) is 0 Å². The lowest BCUT2D eigenvalue weighted by molar-refractivity contribution is -0.167. The Morgan fingerprint density at radius 2 is 0.931 bits per heavy atom. The van der Waals surface area contributed by atoms with Crippen molar-refractivity contribution in [3.8, 4) is 0 Å². The maximum Gasteiger partial charge on any atom is 0.328 e. The minimum absolute atomic E-state index is 0.0211. The van der Waals surface area contributed by atoms with Crippen molar-refractivity contribution in [2.24, 2.45) is 10.8 Å². The van der Waals surface area contributed by atoms with Crippen LogP contribution in [-0.2, 0) is 47.6 Å². The number of hydrogen-bond acceptors (Lipinski definition) is 10. The molecular weight excluding hydrogens is 909 g/mol. The molecule has 0 radical (unpaired) electrons. The minimum Gasteiger partial charge on any atom is -0.463 e. The molecule has 2 amide bonds. The van der Waals surface area contributed by atoms with Gasteiger partial charge in [-0.15, -0.1) is 0 Å². The molecule has 0 aromatic heterocycles. The lowest BCUT2D eigenvalue weighted by Crippen LogP contribution is -2.48. The van der Waals surface area contributed by atoms with E-state index < -0.39 is 28.9 Å². The highest BCUT2D eigenvalue weighted by Crippen LogP contribution is 2.24. The van der Waals surface area contributed by atoms with Crippen molar-refractivity contribution < 1.29 is 47.6 Å². The van der Waals surface area contributed by atoms with E-state index in [-0.39, 0.29) is 55.6 Å². The van der Waals surface area contributed by atoms with Gasteiger partial charge in [-0.05, 0) is 93.9 Å². The lowest BCUT2D eigenvalue weighted by atomic mass is 9.88. The van der Waals surface area contributed by atoms with Gasteiger partial charge in [-0.3, -0.25) is 14.4 Å². The molecule has 0 aliphatic rings. The normalized spacial score (nSPS) is 13.2. The highest BCUT2D eigenvalue weighted by Gasteiger charge is 2.33. The number of carbonyl (C=O) groups is 4. The van der Waals surface area contributed by atoms with Crippen LogP contribution in [0, 0.1) is 10.8 Å². The van der Waals surface area contributed by atoms with E-state index in [1.165, 1.54) is 135 Å². The van der Waals surface area contributed by atoms with E-state index in [0.29, 0.717) is 51.9 Å². The lowest BCUT2D eigenvalue weighted by Gasteiger charge is -2.29. The zero-order chi connectivity index (χ0) is 54.0. The molecule has 0 aliphatic carbocycles. The molecule has 12 heteroatoms. The molecular formula is C60H116N2O10. The van der Waals surface area contributed by atoms with Gasteiger partial charge in [0.1, 0.15) is 32.2 Å². The van der Waals surface area contributed by atoms with E-state index in [2.05, 4.69) is 24.5 Å². The molecule has 2 atom stereocenters. The van der Waals surface area contributed by atoms with E-state index in [4.69, 9.17) is 28.4 Å². The van der Waals surface area contributed by atoms with E-state index in [1.54, 1.807) is 0 Å². The van der Waals surface area contributed by atoms with E-state index in [9.17, 15) is 19.2 Å². The summed E-state index contributed by atoms with van der Waals surface area (Å²) in [5.41, 5.74) is -2.25. The number of rotatable bonds is 49. The van der Waals surface area contributed by atoms with Crippen LogP contribution in [0.4, 0.5) is 0 Å². The van der Waals surface area contributed by atoms with Crippen LogP contribution >= 0.6 is 0 Å². The van der Waals surface area contributed by atoms with Crippen LogP contribution in [0.25, 0.3) is 0 Å². The minimum atomic E-state index is -0.946. The van der Waals surface area contributed by atoms with Gasteiger partial charge in [0.05, 0.1) is 23.2 Å². The molecule has 72 heavy (non-hydrogen) atoms. The first kappa shape index (κ1) is 69.7. The molecule has 0 saturated carbocycles. The summed E-state index contributed by atoms with van der Waals surface area (Å²) in [5.74, 6) is -1.30. The first-order valence-corrected chi connectivity index (χ1v) is 29.5. The van der Waals surface area contributed by atoms with Gasteiger partial charge in [-0.1, -0.05) is 182 Å². The van der Waals surface area contributed by atoms with Gasteiger partial charge in [0.15, 0.2) is 0 Å². The second kappa shape index (κ2) is 42.9. The van der Waals surface area contributed by atoms with Gasteiger partial charge in [0.25, 0.3) is 0 Å². The Bertz CT molecular complexity index is 1340. The zero-order valence-corrected chi connectivity index (χ0v) is 49.1. The van der Waals surface area contributed by atoms with Crippen LogP contribution in [0.15, 0.2) is 0 Å². The number of esters is 2. The van der Waals surface area contributed by atoms with Gasteiger partial charge in [-0.2, -0.15) is 0 Å². The second-order valence-corrected chi connectivity index (χ2v) is 24.0. The summed E-state index contributed by atoms with van der Waals surface area (Å²) in [4.78, 5) is 53.6. The molecule has 0 heterocycles. The predicted molar refractivity (Wildman–Crippen MR) is 296 cm³/mol. The molecule has 0 bridgehead atoms. The monoisotopic (exact) mass is 1020 g/mol.